The van der Waals surface area contributed by atoms with Gasteiger partial charge in [-0.25, -0.2) is 0 Å². The minimum Gasteiger partial charge on any atom is -0.466 e. The van der Waals surface area contributed by atoms with Gasteiger partial charge in [-0.3, -0.25) is 9.69 Å². The van der Waals surface area contributed by atoms with Crippen LogP contribution in [-0.2, 0) is 14.3 Å². The third kappa shape index (κ3) is 5.48. The lowest BCUT2D eigenvalue weighted by atomic mass is 10.2. The van der Waals surface area contributed by atoms with E-state index in [2.05, 4.69) is 11.8 Å². The number of aliphatic hydroxyl groups excluding tert-OH is 1. The number of nitrogens with zero attached hydrogens (tertiary/aromatic N) is 1. The van der Waals surface area contributed by atoms with Gasteiger partial charge < -0.3 is 14.6 Å². The minimum absolute atomic E-state index is 0.0714. The summed E-state index contributed by atoms with van der Waals surface area (Å²) in [5.41, 5.74) is 0. The molecule has 0 aliphatic carbocycles. The van der Waals surface area contributed by atoms with E-state index in [0.29, 0.717) is 19.8 Å². The zero-order chi connectivity index (χ0) is 12.7. The number of hydrogen-bond acceptors (Lipinski definition) is 5. The van der Waals surface area contributed by atoms with Crippen molar-refractivity contribution < 1.29 is 19.4 Å². The van der Waals surface area contributed by atoms with Gasteiger partial charge in [0.15, 0.2) is 0 Å². The summed E-state index contributed by atoms with van der Waals surface area (Å²) in [5, 5.41) is 9.77. The van der Waals surface area contributed by atoms with Gasteiger partial charge >= 0.3 is 5.97 Å². The fourth-order valence-electron chi connectivity index (χ4n) is 1.97. The molecule has 0 bridgehead atoms. The van der Waals surface area contributed by atoms with Crippen LogP contribution in [0.15, 0.2) is 0 Å². The van der Waals surface area contributed by atoms with E-state index >= 15 is 0 Å². The van der Waals surface area contributed by atoms with Crippen LogP contribution < -0.4 is 0 Å². The maximum atomic E-state index is 11.2. The van der Waals surface area contributed by atoms with Crippen molar-refractivity contribution in [1.82, 2.24) is 4.90 Å². The third-order valence-corrected chi connectivity index (χ3v) is 2.85. The highest BCUT2D eigenvalue weighted by atomic mass is 16.5. The molecule has 0 aromatic carbocycles. The lowest BCUT2D eigenvalue weighted by molar-refractivity contribution is -0.145. The molecule has 1 heterocycles. The monoisotopic (exact) mass is 245 g/mol. The zero-order valence-corrected chi connectivity index (χ0v) is 10.7. The molecule has 17 heavy (non-hydrogen) atoms. The second-order valence-corrected chi connectivity index (χ2v) is 4.32. The van der Waals surface area contributed by atoms with Crippen LogP contribution in [0.3, 0.4) is 0 Å². The molecular formula is C12H23NO4. The van der Waals surface area contributed by atoms with Crippen molar-refractivity contribution in [3.05, 3.63) is 0 Å². The highest BCUT2D eigenvalue weighted by Gasteiger charge is 2.22. The largest absolute Gasteiger partial charge is 0.466 e. The van der Waals surface area contributed by atoms with Gasteiger partial charge in [0.2, 0.25) is 0 Å². The molecule has 0 spiro atoms. The summed E-state index contributed by atoms with van der Waals surface area (Å²) in [7, 11) is 0. The van der Waals surface area contributed by atoms with Crippen LogP contribution in [0.4, 0.5) is 0 Å². The number of β-amino-alcohol motifs (C(OH)–C–C–N with tert-alkyl or cyclic N) is 1. The van der Waals surface area contributed by atoms with Crippen molar-refractivity contribution in [3.8, 4) is 0 Å². The Morgan fingerprint density at radius 1 is 1.59 bits per heavy atom. The van der Waals surface area contributed by atoms with Gasteiger partial charge in [-0.05, 0) is 13.3 Å². The van der Waals surface area contributed by atoms with Crippen LogP contribution in [0.2, 0.25) is 0 Å². The fraction of sp³-hybridized carbons (Fsp3) is 0.917. The molecule has 2 unspecified atom stereocenters. The van der Waals surface area contributed by atoms with Crippen molar-refractivity contribution in [1.29, 1.82) is 0 Å². The molecule has 0 aromatic rings. The molecule has 0 aromatic heterocycles. The van der Waals surface area contributed by atoms with Crippen LogP contribution >= 0.6 is 0 Å². The first-order chi connectivity index (χ1) is 8.15. The minimum atomic E-state index is -0.648. The second kappa shape index (κ2) is 7.63. The Morgan fingerprint density at radius 2 is 2.35 bits per heavy atom. The van der Waals surface area contributed by atoms with Crippen molar-refractivity contribution in [2.45, 2.75) is 38.9 Å². The Morgan fingerprint density at radius 3 is 3.00 bits per heavy atom. The first-order valence-corrected chi connectivity index (χ1v) is 6.33. The van der Waals surface area contributed by atoms with Crippen molar-refractivity contribution in [3.63, 3.8) is 0 Å². The molecule has 1 aliphatic rings. The van der Waals surface area contributed by atoms with Crippen LogP contribution in [-0.4, -0.2) is 61.0 Å². The fourth-order valence-corrected chi connectivity index (χ4v) is 1.97. The molecule has 1 N–H and O–H groups in total. The Hall–Kier alpha value is -0.650. The summed E-state index contributed by atoms with van der Waals surface area (Å²) in [5.74, 6) is -0.333. The highest BCUT2D eigenvalue weighted by Crippen LogP contribution is 2.09. The molecule has 1 aliphatic heterocycles. The van der Waals surface area contributed by atoms with Gasteiger partial charge in [0, 0.05) is 19.6 Å². The Labute approximate surface area is 103 Å². The number of aliphatic hydroxyl groups is 1. The maximum Gasteiger partial charge on any atom is 0.308 e. The standard InChI is InChI=1S/C12H23NO4/c1-3-11-9-13(5-6-17-11)8-10(14)7-12(15)16-4-2/h10-11,14H,3-9H2,1-2H3. The third-order valence-electron chi connectivity index (χ3n) is 2.85. The molecule has 100 valence electrons. The quantitative estimate of drug-likeness (QED) is 0.687. The van der Waals surface area contributed by atoms with E-state index in [-0.39, 0.29) is 18.5 Å². The van der Waals surface area contributed by atoms with E-state index in [4.69, 9.17) is 9.47 Å². The van der Waals surface area contributed by atoms with Crippen LogP contribution in [0.5, 0.6) is 0 Å². The molecule has 1 rings (SSSR count). The van der Waals surface area contributed by atoms with E-state index < -0.39 is 6.10 Å². The summed E-state index contributed by atoms with van der Waals surface area (Å²) in [6.07, 6.45) is 0.648. The summed E-state index contributed by atoms with van der Waals surface area (Å²) < 4.78 is 10.3. The summed E-state index contributed by atoms with van der Waals surface area (Å²) >= 11 is 0. The average molecular weight is 245 g/mol. The van der Waals surface area contributed by atoms with E-state index in [0.717, 1.165) is 19.5 Å². The molecular weight excluding hydrogens is 222 g/mol. The van der Waals surface area contributed by atoms with E-state index in [1.54, 1.807) is 6.92 Å². The van der Waals surface area contributed by atoms with Gasteiger partial charge in [-0.15, -0.1) is 0 Å². The van der Waals surface area contributed by atoms with Gasteiger partial charge in [0.05, 0.1) is 31.8 Å². The summed E-state index contributed by atoms with van der Waals surface area (Å²) in [4.78, 5) is 13.3. The molecule has 5 nitrogen and oxygen atoms in total. The van der Waals surface area contributed by atoms with Crippen molar-refractivity contribution >= 4 is 5.97 Å². The van der Waals surface area contributed by atoms with Gasteiger partial charge in [0.1, 0.15) is 0 Å². The van der Waals surface area contributed by atoms with Gasteiger partial charge in [0.25, 0.3) is 0 Å². The van der Waals surface area contributed by atoms with Crippen molar-refractivity contribution in [2.24, 2.45) is 0 Å². The lowest BCUT2D eigenvalue weighted by Gasteiger charge is -2.33. The number of carbonyl (C=O) groups excluding carboxylic acids is 1. The highest BCUT2D eigenvalue weighted by molar-refractivity contribution is 5.69. The first-order valence-electron chi connectivity index (χ1n) is 6.33. The molecule has 0 amide bonds. The van der Waals surface area contributed by atoms with Gasteiger partial charge in [-0.1, -0.05) is 6.92 Å². The normalized spacial score (nSPS) is 23.4. The molecule has 5 heteroatoms. The average Bonchev–Trinajstić information content (AvgIpc) is 2.29. The second-order valence-electron chi connectivity index (χ2n) is 4.32. The van der Waals surface area contributed by atoms with E-state index in [9.17, 15) is 9.90 Å². The number of morpholine rings is 1. The lowest BCUT2D eigenvalue weighted by Crippen LogP contribution is -2.45. The molecule has 0 saturated carbocycles. The predicted octanol–water partition coefficient (Wildman–Crippen LogP) is 0.411. The van der Waals surface area contributed by atoms with Crippen molar-refractivity contribution in [2.75, 3.05) is 32.8 Å². The number of carbonyl (C=O) groups is 1. The Balaban J connectivity index is 2.25. The van der Waals surface area contributed by atoms with Crippen LogP contribution in [0.25, 0.3) is 0 Å². The summed E-state index contributed by atoms with van der Waals surface area (Å²) in [6.45, 7) is 7.07. The maximum absolute atomic E-state index is 11.2. The SMILES string of the molecule is CCOC(=O)CC(O)CN1CCOC(CC)C1. The van der Waals surface area contributed by atoms with Gasteiger partial charge in [-0.2, -0.15) is 0 Å². The number of ether oxygens (including phenoxy) is 2. The molecule has 0 radical (unpaired) electrons. The number of hydrogen-bond donors (Lipinski definition) is 1. The van der Waals surface area contributed by atoms with E-state index in [1.165, 1.54) is 0 Å². The van der Waals surface area contributed by atoms with E-state index in [1.807, 2.05) is 0 Å². The molecule has 1 fully saturated rings. The first kappa shape index (κ1) is 14.4. The smallest absolute Gasteiger partial charge is 0.308 e. The van der Waals surface area contributed by atoms with Crippen LogP contribution in [0, 0.1) is 0 Å². The summed E-state index contributed by atoms with van der Waals surface area (Å²) in [6, 6.07) is 0. The zero-order valence-electron chi connectivity index (χ0n) is 10.7. The van der Waals surface area contributed by atoms with Crippen LogP contribution in [0.1, 0.15) is 26.7 Å². The topological polar surface area (TPSA) is 59.0 Å². The Bertz CT molecular complexity index is 235. The number of esters is 1. The molecule has 1 saturated heterocycles. The Kier molecular flexibility index (Phi) is 6.47. The molecule has 2 atom stereocenters. The number of rotatable bonds is 6. The predicted molar refractivity (Wildman–Crippen MR) is 63.7 cm³/mol.